The van der Waals surface area contributed by atoms with Gasteiger partial charge in [-0.1, -0.05) is 39.0 Å². The predicted molar refractivity (Wildman–Crippen MR) is 222 cm³/mol. The van der Waals surface area contributed by atoms with Gasteiger partial charge < -0.3 is 49.5 Å². The Kier molecular flexibility index (Phi) is 18.8. The van der Waals surface area contributed by atoms with Crippen molar-refractivity contribution in [3.05, 3.63) is 30.3 Å². The van der Waals surface area contributed by atoms with Crippen LogP contribution in [0.4, 0.5) is 4.79 Å². The van der Waals surface area contributed by atoms with E-state index in [9.17, 15) is 48.8 Å². The molecule has 0 unspecified atom stereocenters. The first kappa shape index (κ1) is 51.4. The van der Waals surface area contributed by atoms with Gasteiger partial charge in [0, 0.05) is 44.2 Å². The van der Waals surface area contributed by atoms with E-state index in [1.54, 1.807) is 33.8 Å². The number of aliphatic hydroxyl groups excluding tert-OH is 3. The van der Waals surface area contributed by atoms with Crippen LogP contribution in [0, 0.1) is 29.1 Å². The number of likely N-dealkylation sites (N-methyl/N-ethyl adjacent to an activating group) is 1. The molecule has 1 aromatic rings. The van der Waals surface area contributed by atoms with Crippen LogP contribution in [0.5, 0.6) is 0 Å². The van der Waals surface area contributed by atoms with E-state index in [2.05, 4.69) is 4.72 Å². The SMILES string of the molecule is CC[C@H]1OC(=O)[C@H](C)[C@@H](O)[C@H](C)[C@@H](O[C@@H]2O[C@H](C)C[C@H](N(C)C)[C@H]2O)[C@](C)(O)C[C@@H](C)CN(CCCN(CCC#N)C(=O)NS(=O)(=O)c2ccccc2)[C@H](C)[C@@H](O)[C@]1(C)O. The Bertz CT molecular complexity index is 1680. The molecule has 2 fully saturated rings. The van der Waals surface area contributed by atoms with Crippen LogP contribution in [-0.4, -0.2) is 167 Å². The second kappa shape index (κ2) is 21.9. The highest BCUT2D eigenvalue weighted by molar-refractivity contribution is 7.90. The number of carbonyl (C=O) groups is 2. The number of sulfonamides is 1. The number of amides is 2. The Balaban J connectivity index is 1.99. The molecule has 0 aromatic heterocycles. The first-order valence-electron chi connectivity index (χ1n) is 21.0. The molecule has 18 heteroatoms. The van der Waals surface area contributed by atoms with Gasteiger partial charge in [0.05, 0.1) is 47.2 Å². The van der Waals surface area contributed by atoms with Crippen molar-refractivity contribution in [1.82, 2.24) is 19.4 Å². The molecule has 2 amide bonds. The molecule has 6 N–H and O–H groups in total. The smallest absolute Gasteiger partial charge is 0.331 e. The number of carbonyl (C=O) groups excluding carboxylic acids is 2. The van der Waals surface area contributed by atoms with Gasteiger partial charge in [0.25, 0.3) is 10.0 Å². The van der Waals surface area contributed by atoms with Gasteiger partial charge >= 0.3 is 12.0 Å². The van der Waals surface area contributed by atoms with Crippen molar-refractivity contribution in [2.75, 3.05) is 40.3 Å². The highest BCUT2D eigenvalue weighted by atomic mass is 32.2. The maximum absolute atomic E-state index is 13.7. The molecule has 17 nitrogen and oxygen atoms in total. The normalized spacial score (nSPS) is 36.7. The van der Waals surface area contributed by atoms with E-state index in [0.29, 0.717) is 6.42 Å². The maximum atomic E-state index is 13.7. The molecule has 342 valence electrons. The predicted octanol–water partition coefficient (Wildman–Crippen LogP) is 2.05. The first-order valence-corrected chi connectivity index (χ1v) is 22.5. The molecule has 3 rings (SSSR count). The second-order valence-corrected chi connectivity index (χ2v) is 19.3. The van der Waals surface area contributed by atoms with Crippen molar-refractivity contribution in [1.29, 1.82) is 5.26 Å². The number of rotatable bonds is 12. The Hall–Kier alpha value is -2.96. The molecule has 2 saturated heterocycles. The molecule has 2 aliphatic rings. The summed E-state index contributed by atoms with van der Waals surface area (Å²) >= 11 is 0. The van der Waals surface area contributed by atoms with E-state index < -0.39 is 87.9 Å². The molecule has 2 heterocycles. The van der Waals surface area contributed by atoms with Gasteiger partial charge in [0.2, 0.25) is 0 Å². The summed E-state index contributed by atoms with van der Waals surface area (Å²) in [5.74, 6) is -3.25. The van der Waals surface area contributed by atoms with Crippen LogP contribution < -0.4 is 4.72 Å². The third kappa shape index (κ3) is 13.0. The Morgan fingerprint density at radius 1 is 1.05 bits per heavy atom. The van der Waals surface area contributed by atoms with Crippen LogP contribution in [0.1, 0.15) is 87.5 Å². The van der Waals surface area contributed by atoms with E-state index in [-0.39, 0.29) is 74.8 Å². The lowest BCUT2D eigenvalue weighted by molar-refractivity contribution is -0.299. The minimum Gasteiger partial charge on any atom is -0.459 e. The Morgan fingerprint density at radius 2 is 1.68 bits per heavy atom. The fourth-order valence-corrected chi connectivity index (χ4v) is 9.69. The Morgan fingerprint density at radius 3 is 2.27 bits per heavy atom. The van der Waals surface area contributed by atoms with Crippen molar-refractivity contribution in [2.45, 2.75) is 159 Å². The Labute approximate surface area is 356 Å². The van der Waals surface area contributed by atoms with Gasteiger partial charge in [-0.2, -0.15) is 5.26 Å². The molecule has 14 atom stereocenters. The lowest BCUT2D eigenvalue weighted by Gasteiger charge is -2.46. The topological polar surface area (TPSA) is 243 Å². The summed E-state index contributed by atoms with van der Waals surface area (Å²) in [5.41, 5.74) is -3.67. The van der Waals surface area contributed by atoms with Crippen LogP contribution in [0.2, 0.25) is 0 Å². The lowest BCUT2D eigenvalue weighted by atomic mass is 9.78. The zero-order valence-electron chi connectivity index (χ0n) is 37.0. The van der Waals surface area contributed by atoms with Crippen molar-refractivity contribution in [2.24, 2.45) is 17.8 Å². The van der Waals surface area contributed by atoms with Gasteiger partial charge in [-0.25, -0.2) is 17.9 Å². The standard InChI is InChI=1S/C42H71N5O12S/c1-11-33-42(8,54)36(50)30(6)47(22-16-21-46(20-15-19-43)40(52)44-60(55,56)31-17-13-12-14-18-31)25-26(2)24-41(7,53)37(28(4)34(48)29(5)38(51)58-33)59-39-35(49)32(45(9)10)23-27(3)57-39/h12-14,17-18,26-30,32-37,39,48-50,53-54H,11,15-16,20-25H2,1-10H3,(H,44,52)/t26-,27-,28+,29-,30-,32+,33-,34+,35-,36-,37-,39+,41-,42-/m1/s1. The molecule has 60 heavy (non-hydrogen) atoms. The number of hydrogen-bond donors (Lipinski definition) is 6. The third-order valence-electron chi connectivity index (χ3n) is 12.2. The zero-order valence-corrected chi connectivity index (χ0v) is 37.8. The quantitative estimate of drug-likeness (QED) is 0.165. The van der Waals surface area contributed by atoms with E-state index in [1.165, 1.54) is 43.0 Å². The molecule has 0 radical (unpaired) electrons. The van der Waals surface area contributed by atoms with Crippen LogP contribution in [0.15, 0.2) is 35.2 Å². The number of hydrogen-bond acceptors (Lipinski definition) is 15. The van der Waals surface area contributed by atoms with Crippen LogP contribution in [0.25, 0.3) is 0 Å². The average molecular weight is 870 g/mol. The summed E-state index contributed by atoms with van der Waals surface area (Å²) in [6, 6.07) is 7.37. The summed E-state index contributed by atoms with van der Waals surface area (Å²) in [7, 11) is -0.532. The number of cyclic esters (lactones) is 1. The zero-order chi connectivity index (χ0) is 45.3. The van der Waals surface area contributed by atoms with Crippen LogP contribution >= 0.6 is 0 Å². The van der Waals surface area contributed by atoms with Crippen molar-refractivity contribution < 1.29 is 57.8 Å². The molecular weight excluding hydrogens is 799 g/mol. The van der Waals surface area contributed by atoms with Crippen LogP contribution in [-0.2, 0) is 29.0 Å². The number of esters is 1. The number of urea groups is 1. The number of nitrogens with one attached hydrogen (secondary N) is 1. The number of aliphatic hydroxyl groups is 5. The molecule has 0 spiro atoms. The summed E-state index contributed by atoms with van der Waals surface area (Å²) in [6.45, 7) is 13.6. The van der Waals surface area contributed by atoms with Gasteiger partial charge in [-0.3, -0.25) is 9.69 Å². The molecule has 0 saturated carbocycles. The molecule has 2 aliphatic heterocycles. The lowest BCUT2D eigenvalue weighted by Crippen LogP contribution is -2.59. The second-order valence-electron chi connectivity index (χ2n) is 17.6. The molecular formula is C42H71N5O12S. The fourth-order valence-electron chi connectivity index (χ4n) is 8.70. The van der Waals surface area contributed by atoms with E-state index in [4.69, 9.17) is 14.2 Å². The summed E-state index contributed by atoms with van der Waals surface area (Å²) < 4.78 is 46.4. The van der Waals surface area contributed by atoms with Crippen molar-refractivity contribution >= 4 is 22.0 Å². The van der Waals surface area contributed by atoms with E-state index in [1.807, 2.05) is 43.8 Å². The minimum atomic E-state index is -4.21. The monoisotopic (exact) mass is 869 g/mol. The first-order chi connectivity index (χ1) is 27.9. The summed E-state index contributed by atoms with van der Waals surface area (Å²) in [4.78, 5) is 31.9. The molecule has 1 aromatic carbocycles. The van der Waals surface area contributed by atoms with Gasteiger partial charge in [0.1, 0.15) is 23.9 Å². The highest BCUT2D eigenvalue weighted by Crippen LogP contribution is 2.37. The minimum absolute atomic E-state index is 0.0219. The van der Waals surface area contributed by atoms with Gasteiger partial charge in [-0.15, -0.1) is 0 Å². The summed E-state index contributed by atoms with van der Waals surface area (Å²) in [6.07, 6.45) is -6.96. The molecule has 0 aliphatic carbocycles. The fraction of sp³-hybridized carbons (Fsp3) is 0.786. The highest BCUT2D eigenvalue weighted by Gasteiger charge is 2.50. The number of ether oxygens (including phenoxy) is 3. The molecule has 0 bridgehead atoms. The number of nitrogens with zero attached hydrogens (tertiary/aromatic N) is 4. The van der Waals surface area contributed by atoms with Gasteiger partial charge in [-0.05, 0) is 92.4 Å². The largest absolute Gasteiger partial charge is 0.459 e. The van der Waals surface area contributed by atoms with Crippen molar-refractivity contribution in [3.63, 3.8) is 0 Å². The van der Waals surface area contributed by atoms with Crippen molar-refractivity contribution in [3.8, 4) is 6.07 Å². The third-order valence-corrected chi connectivity index (χ3v) is 13.6. The summed E-state index contributed by atoms with van der Waals surface area (Å²) in [5, 5.41) is 68.5. The van der Waals surface area contributed by atoms with Gasteiger partial charge in [0.15, 0.2) is 6.29 Å². The average Bonchev–Trinajstić information content (AvgIpc) is 3.18. The van der Waals surface area contributed by atoms with Crippen LogP contribution in [0.3, 0.4) is 0 Å². The van der Waals surface area contributed by atoms with E-state index in [0.717, 1.165) is 0 Å². The van der Waals surface area contributed by atoms with E-state index >= 15 is 0 Å². The number of benzene rings is 1. The maximum Gasteiger partial charge on any atom is 0.331 e. The number of nitriles is 1.